The zero-order valence-corrected chi connectivity index (χ0v) is 10.5. The van der Waals surface area contributed by atoms with Crippen LogP contribution in [0.1, 0.15) is 32.8 Å². The van der Waals surface area contributed by atoms with Gasteiger partial charge in [-0.1, -0.05) is 25.5 Å². The van der Waals surface area contributed by atoms with E-state index in [-0.39, 0.29) is 0 Å². The monoisotopic (exact) mass is 218 g/mol. The Morgan fingerprint density at radius 1 is 1.38 bits per heavy atom. The summed E-state index contributed by atoms with van der Waals surface area (Å²) in [6.45, 7) is 7.60. The number of pyridine rings is 1. The van der Waals surface area contributed by atoms with E-state index in [4.69, 9.17) is 0 Å². The van der Waals surface area contributed by atoms with Gasteiger partial charge in [-0.15, -0.1) is 0 Å². The highest BCUT2D eigenvalue weighted by Gasteiger charge is 1.94. The number of hydrogen-bond acceptors (Lipinski definition) is 2. The lowest BCUT2D eigenvalue weighted by Crippen LogP contribution is -2.23. The molecule has 0 aliphatic carbocycles. The standard InChI is InChI=1S/C14H22N2/c1-12(2)16-8-4-5-13(3)11-14-6-9-15-10-7-14/h5-7,9-10,12,16H,4,8,11H2,1-3H3. The average molecular weight is 218 g/mol. The van der Waals surface area contributed by atoms with E-state index in [0.717, 1.165) is 19.4 Å². The molecule has 88 valence electrons. The molecule has 1 heterocycles. The van der Waals surface area contributed by atoms with E-state index < -0.39 is 0 Å². The highest BCUT2D eigenvalue weighted by Crippen LogP contribution is 2.06. The molecule has 0 atom stereocenters. The summed E-state index contributed by atoms with van der Waals surface area (Å²) in [5, 5.41) is 3.41. The minimum Gasteiger partial charge on any atom is -0.314 e. The second kappa shape index (κ2) is 7.18. The summed E-state index contributed by atoms with van der Waals surface area (Å²) in [7, 11) is 0. The topological polar surface area (TPSA) is 24.9 Å². The summed E-state index contributed by atoms with van der Waals surface area (Å²) < 4.78 is 0. The maximum absolute atomic E-state index is 4.02. The summed E-state index contributed by atoms with van der Waals surface area (Å²) in [4.78, 5) is 4.02. The molecule has 0 spiro atoms. The van der Waals surface area contributed by atoms with Gasteiger partial charge in [-0.05, 0) is 44.0 Å². The van der Waals surface area contributed by atoms with Gasteiger partial charge in [0.15, 0.2) is 0 Å². The minimum atomic E-state index is 0.578. The third-order valence-corrected chi connectivity index (χ3v) is 2.42. The molecule has 1 rings (SSSR count). The third-order valence-electron chi connectivity index (χ3n) is 2.42. The first-order chi connectivity index (χ1) is 7.68. The Morgan fingerprint density at radius 3 is 2.69 bits per heavy atom. The normalized spacial score (nSPS) is 12.1. The van der Waals surface area contributed by atoms with E-state index in [2.05, 4.69) is 49.3 Å². The van der Waals surface area contributed by atoms with Crippen LogP contribution in [0.2, 0.25) is 0 Å². The Labute approximate surface area is 98.8 Å². The second-order valence-corrected chi connectivity index (χ2v) is 4.48. The van der Waals surface area contributed by atoms with Crippen LogP contribution >= 0.6 is 0 Å². The van der Waals surface area contributed by atoms with Gasteiger partial charge in [-0.25, -0.2) is 0 Å². The summed E-state index contributed by atoms with van der Waals surface area (Å²) in [6.07, 6.45) is 8.15. The predicted molar refractivity (Wildman–Crippen MR) is 69.5 cm³/mol. The van der Waals surface area contributed by atoms with Crippen molar-refractivity contribution >= 4 is 0 Å². The van der Waals surface area contributed by atoms with Crippen molar-refractivity contribution in [3.8, 4) is 0 Å². The van der Waals surface area contributed by atoms with Crippen molar-refractivity contribution in [1.29, 1.82) is 0 Å². The van der Waals surface area contributed by atoms with E-state index in [1.54, 1.807) is 0 Å². The van der Waals surface area contributed by atoms with Crippen LogP contribution in [0.25, 0.3) is 0 Å². The van der Waals surface area contributed by atoms with E-state index >= 15 is 0 Å². The van der Waals surface area contributed by atoms with Crippen LogP contribution in [0.5, 0.6) is 0 Å². The molecule has 1 N–H and O–H groups in total. The molecule has 0 fully saturated rings. The lowest BCUT2D eigenvalue weighted by molar-refractivity contribution is 0.594. The van der Waals surface area contributed by atoms with Crippen molar-refractivity contribution in [3.63, 3.8) is 0 Å². The Balaban J connectivity index is 2.29. The van der Waals surface area contributed by atoms with E-state index in [9.17, 15) is 0 Å². The molecule has 1 aromatic heterocycles. The van der Waals surface area contributed by atoms with Gasteiger partial charge < -0.3 is 5.32 Å². The molecule has 0 saturated carbocycles. The molecule has 2 nitrogen and oxygen atoms in total. The maximum atomic E-state index is 4.02. The highest BCUT2D eigenvalue weighted by atomic mass is 14.9. The molecular weight excluding hydrogens is 196 g/mol. The lowest BCUT2D eigenvalue weighted by atomic mass is 10.1. The number of nitrogens with zero attached hydrogens (tertiary/aromatic N) is 1. The van der Waals surface area contributed by atoms with Gasteiger partial charge in [0.2, 0.25) is 0 Å². The van der Waals surface area contributed by atoms with Crippen molar-refractivity contribution in [3.05, 3.63) is 41.7 Å². The quantitative estimate of drug-likeness (QED) is 0.586. The molecule has 2 heteroatoms. The van der Waals surface area contributed by atoms with Crippen LogP contribution in [0, 0.1) is 0 Å². The lowest BCUT2D eigenvalue weighted by Gasteiger charge is -2.06. The van der Waals surface area contributed by atoms with E-state index in [0.29, 0.717) is 6.04 Å². The molecule has 0 bridgehead atoms. The zero-order valence-electron chi connectivity index (χ0n) is 10.5. The van der Waals surface area contributed by atoms with Crippen LogP contribution in [0.4, 0.5) is 0 Å². The first-order valence-electron chi connectivity index (χ1n) is 5.96. The fourth-order valence-corrected chi connectivity index (χ4v) is 1.59. The number of hydrogen-bond donors (Lipinski definition) is 1. The maximum Gasteiger partial charge on any atom is 0.0270 e. The second-order valence-electron chi connectivity index (χ2n) is 4.48. The van der Waals surface area contributed by atoms with Crippen molar-refractivity contribution in [1.82, 2.24) is 10.3 Å². The van der Waals surface area contributed by atoms with E-state index in [1.807, 2.05) is 12.4 Å². The van der Waals surface area contributed by atoms with Gasteiger partial charge in [-0.3, -0.25) is 4.98 Å². The fourth-order valence-electron chi connectivity index (χ4n) is 1.59. The van der Waals surface area contributed by atoms with Crippen LogP contribution < -0.4 is 5.32 Å². The number of rotatable bonds is 6. The van der Waals surface area contributed by atoms with Crippen molar-refractivity contribution in [2.24, 2.45) is 0 Å². The fraction of sp³-hybridized carbons (Fsp3) is 0.500. The molecule has 0 aliphatic rings. The Hall–Kier alpha value is -1.15. The molecule has 0 saturated heterocycles. The van der Waals surface area contributed by atoms with Crippen molar-refractivity contribution < 1.29 is 0 Å². The van der Waals surface area contributed by atoms with Gasteiger partial charge in [0, 0.05) is 18.4 Å². The first kappa shape index (κ1) is 12.9. The molecule has 1 aromatic rings. The van der Waals surface area contributed by atoms with Crippen LogP contribution in [-0.4, -0.2) is 17.6 Å². The van der Waals surface area contributed by atoms with Crippen molar-refractivity contribution in [2.75, 3.05) is 6.54 Å². The first-order valence-corrected chi connectivity index (χ1v) is 5.96. The molecular formula is C14H22N2. The smallest absolute Gasteiger partial charge is 0.0270 e. The summed E-state index contributed by atoms with van der Waals surface area (Å²) >= 11 is 0. The Kier molecular flexibility index (Phi) is 5.79. The zero-order chi connectivity index (χ0) is 11.8. The highest BCUT2D eigenvalue weighted by molar-refractivity contribution is 5.17. The molecule has 0 amide bonds. The van der Waals surface area contributed by atoms with Gasteiger partial charge in [-0.2, -0.15) is 0 Å². The third kappa shape index (κ3) is 5.66. The van der Waals surface area contributed by atoms with E-state index in [1.165, 1.54) is 11.1 Å². The van der Waals surface area contributed by atoms with Crippen molar-refractivity contribution in [2.45, 2.75) is 39.7 Å². The Morgan fingerprint density at radius 2 is 2.06 bits per heavy atom. The number of allylic oxidation sites excluding steroid dienone is 1. The molecule has 0 aliphatic heterocycles. The SMILES string of the molecule is CC(=CCCNC(C)C)Cc1ccncc1. The molecule has 0 aromatic carbocycles. The Bertz CT molecular complexity index is 315. The number of nitrogens with one attached hydrogen (secondary N) is 1. The molecule has 0 unspecified atom stereocenters. The average Bonchev–Trinajstić information content (AvgIpc) is 2.25. The van der Waals surface area contributed by atoms with Crippen LogP contribution in [0.15, 0.2) is 36.2 Å². The van der Waals surface area contributed by atoms with Gasteiger partial charge in [0.05, 0.1) is 0 Å². The summed E-state index contributed by atoms with van der Waals surface area (Å²) in [5.74, 6) is 0. The number of aromatic nitrogens is 1. The molecule has 16 heavy (non-hydrogen) atoms. The van der Waals surface area contributed by atoms with Gasteiger partial charge in [0.1, 0.15) is 0 Å². The minimum absolute atomic E-state index is 0.578. The summed E-state index contributed by atoms with van der Waals surface area (Å²) in [5.41, 5.74) is 2.76. The largest absolute Gasteiger partial charge is 0.314 e. The van der Waals surface area contributed by atoms with Gasteiger partial charge >= 0.3 is 0 Å². The summed E-state index contributed by atoms with van der Waals surface area (Å²) in [6, 6.07) is 4.72. The van der Waals surface area contributed by atoms with Gasteiger partial charge in [0.25, 0.3) is 0 Å². The van der Waals surface area contributed by atoms with Crippen LogP contribution in [-0.2, 0) is 6.42 Å². The molecule has 0 radical (unpaired) electrons. The predicted octanol–water partition coefficient (Wildman–Crippen LogP) is 2.96. The van der Waals surface area contributed by atoms with Crippen LogP contribution in [0.3, 0.4) is 0 Å².